The van der Waals surface area contributed by atoms with Crippen molar-refractivity contribution in [3.8, 4) is 0 Å². The van der Waals surface area contributed by atoms with E-state index in [2.05, 4.69) is 5.32 Å². The predicted molar refractivity (Wildman–Crippen MR) is 124 cm³/mol. The topological polar surface area (TPSA) is 108 Å². The van der Waals surface area contributed by atoms with Crippen LogP contribution >= 0.6 is 0 Å². The van der Waals surface area contributed by atoms with Crippen LogP contribution in [0.2, 0.25) is 0 Å². The van der Waals surface area contributed by atoms with Gasteiger partial charge in [-0.1, -0.05) is 0 Å². The summed E-state index contributed by atoms with van der Waals surface area (Å²) in [6, 6.07) is 0. The summed E-state index contributed by atoms with van der Waals surface area (Å²) >= 11 is 0. The molecular formula is C26H42N2O5. The molecule has 0 saturated heterocycles. The number of nitrogens with one attached hydrogen (secondary N) is 1. The molecule has 7 nitrogen and oxygen atoms in total. The lowest BCUT2D eigenvalue weighted by Gasteiger charge is -2.52. The third-order valence-corrected chi connectivity index (χ3v) is 9.48. The number of carbonyl (C=O) groups is 3. The molecule has 6 fully saturated rings. The largest absolute Gasteiger partial charge is 0.465 e. The third kappa shape index (κ3) is 5.29. The fourth-order valence-corrected chi connectivity index (χ4v) is 6.73. The fourth-order valence-electron chi connectivity index (χ4n) is 6.73. The molecule has 0 aromatic rings. The molecule has 6 rings (SSSR count). The molecule has 0 aromatic carbocycles. The summed E-state index contributed by atoms with van der Waals surface area (Å²) in [5, 5.41) is 3.38. The van der Waals surface area contributed by atoms with Crippen LogP contribution in [-0.4, -0.2) is 49.1 Å². The summed E-state index contributed by atoms with van der Waals surface area (Å²) in [5.74, 6) is -0.0383. The first-order valence-electron chi connectivity index (χ1n) is 13.2. The lowest BCUT2D eigenvalue weighted by molar-refractivity contribution is -0.164. The molecule has 3 N–H and O–H groups in total. The van der Waals surface area contributed by atoms with Gasteiger partial charge in [-0.05, 0) is 103 Å². The van der Waals surface area contributed by atoms with Crippen LogP contribution in [0.25, 0.3) is 0 Å². The minimum Gasteiger partial charge on any atom is -0.465 e. The molecule has 6 aliphatic rings. The second-order valence-corrected chi connectivity index (χ2v) is 11.4. The van der Waals surface area contributed by atoms with Crippen molar-refractivity contribution < 1.29 is 23.9 Å². The van der Waals surface area contributed by atoms with Gasteiger partial charge in [0.15, 0.2) is 0 Å². The molecule has 0 atom stereocenters. The first-order chi connectivity index (χ1) is 15.9. The summed E-state index contributed by atoms with van der Waals surface area (Å²) in [7, 11) is 0. The summed E-state index contributed by atoms with van der Waals surface area (Å²) in [6.07, 6.45) is 15.5. The molecule has 0 spiro atoms. The van der Waals surface area contributed by atoms with Crippen molar-refractivity contribution in [1.82, 2.24) is 5.32 Å². The van der Waals surface area contributed by atoms with Gasteiger partial charge in [0, 0.05) is 11.1 Å². The Morgan fingerprint density at radius 3 is 1.55 bits per heavy atom. The number of nitrogens with two attached hydrogens (primary N) is 1. The van der Waals surface area contributed by atoms with Gasteiger partial charge >= 0.3 is 11.9 Å². The summed E-state index contributed by atoms with van der Waals surface area (Å²) < 4.78 is 11.3. The summed E-state index contributed by atoms with van der Waals surface area (Å²) in [4.78, 5) is 36.1. The van der Waals surface area contributed by atoms with Crippen LogP contribution < -0.4 is 11.1 Å². The Morgan fingerprint density at radius 2 is 1.12 bits per heavy atom. The number of esters is 2. The van der Waals surface area contributed by atoms with Crippen LogP contribution in [-0.2, 0) is 23.9 Å². The Morgan fingerprint density at radius 1 is 0.697 bits per heavy atom. The van der Waals surface area contributed by atoms with Crippen molar-refractivity contribution >= 4 is 18.2 Å². The number of ether oxygens (including phenoxy) is 2. The van der Waals surface area contributed by atoms with Crippen LogP contribution in [0.4, 0.5) is 0 Å². The molecule has 0 unspecified atom stereocenters. The van der Waals surface area contributed by atoms with Crippen molar-refractivity contribution in [3.63, 3.8) is 0 Å². The highest BCUT2D eigenvalue weighted by Crippen LogP contribution is 2.53. The average molecular weight is 463 g/mol. The van der Waals surface area contributed by atoms with Crippen LogP contribution in [0.5, 0.6) is 0 Å². The molecule has 0 aliphatic heterocycles. The van der Waals surface area contributed by atoms with Crippen LogP contribution in [0.3, 0.4) is 0 Å². The van der Waals surface area contributed by atoms with Gasteiger partial charge in [-0.2, -0.15) is 0 Å². The lowest BCUT2D eigenvalue weighted by atomic mass is 9.57. The first kappa shape index (κ1) is 24.6. The molecule has 33 heavy (non-hydrogen) atoms. The zero-order valence-electron chi connectivity index (χ0n) is 20.1. The number of unbranched alkanes of at least 4 members (excludes halogenated alkanes) is 3. The number of fused-ring (bicyclic) bond motifs is 6. The summed E-state index contributed by atoms with van der Waals surface area (Å²) in [5.41, 5.74) is 5.79. The molecule has 0 heterocycles. The van der Waals surface area contributed by atoms with Crippen molar-refractivity contribution in [2.75, 3.05) is 19.8 Å². The van der Waals surface area contributed by atoms with E-state index < -0.39 is 0 Å². The zero-order valence-corrected chi connectivity index (χ0v) is 20.1. The quantitative estimate of drug-likeness (QED) is 0.259. The van der Waals surface area contributed by atoms with E-state index >= 15 is 0 Å². The number of hydrogen-bond donors (Lipinski definition) is 2. The number of carbonyl (C=O) groups excluding carboxylic acids is 3. The van der Waals surface area contributed by atoms with Gasteiger partial charge in [0.05, 0.1) is 30.6 Å². The number of aldehydes is 1. The standard InChI is InChI=1S/C26H42N2O5/c27-25-11-5-23(6-12-25,7-13-25)21(30)32-19-3-1-2-4-20-33-22(31)24-8-14-26(15-9-24,16-10-24)28-17-18-29/h18,28H,1-17,19-20,27H2. The Hall–Kier alpha value is -1.47. The second-order valence-electron chi connectivity index (χ2n) is 11.4. The van der Waals surface area contributed by atoms with Crippen LogP contribution in [0, 0.1) is 10.8 Å². The van der Waals surface area contributed by atoms with Crippen molar-refractivity contribution in [2.24, 2.45) is 16.6 Å². The molecule has 0 radical (unpaired) electrons. The van der Waals surface area contributed by atoms with E-state index in [0.29, 0.717) is 19.8 Å². The fraction of sp³-hybridized carbons (Fsp3) is 0.885. The molecule has 4 bridgehead atoms. The highest BCUT2D eigenvalue weighted by molar-refractivity contribution is 5.78. The van der Waals surface area contributed by atoms with Crippen molar-refractivity contribution in [1.29, 1.82) is 0 Å². The maximum absolute atomic E-state index is 12.8. The Bertz CT molecular complexity index is 687. The van der Waals surface area contributed by atoms with Crippen LogP contribution in [0.15, 0.2) is 0 Å². The lowest BCUT2D eigenvalue weighted by Crippen LogP contribution is -2.57. The van der Waals surface area contributed by atoms with E-state index in [1.807, 2.05) is 0 Å². The molecule has 7 heteroatoms. The van der Waals surface area contributed by atoms with Gasteiger partial charge in [-0.15, -0.1) is 0 Å². The molecule has 0 aromatic heterocycles. The third-order valence-electron chi connectivity index (χ3n) is 9.48. The number of rotatable bonds is 12. The average Bonchev–Trinajstić information content (AvgIpc) is 2.86. The SMILES string of the molecule is NC12CCC(C(=O)OCCCCCCOC(=O)C34CCC(NCC=O)(CC3)CC4)(CC1)CC2. The van der Waals surface area contributed by atoms with E-state index in [9.17, 15) is 14.4 Å². The van der Waals surface area contributed by atoms with Gasteiger partial charge in [0.2, 0.25) is 0 Å². The monoisotopic (exact) mass is 462 g/mol. The second kappa shape index (κ2) is 10.0. The smallest absolute Gasteiger partial charge is 0.312 e. The molecule has 0 amide bonds. The normalized spacial score (nSPS) is 37.0. The first-order valence-corrected chi connectivity index (χ1v) is 13.2. The highest BCUT2D eigenvalue weighted by atomic mass is 16.5. The van der Waals surface area contributed by atoms with Gasteiger partial charge in [0.1, 0.15) is 6.29 Å². The van der Waals surface area contributed by atoms with E-state index in [0.717, 1.165) is 109 Å². The van der Waals surface area contributed by atoms with Gasteiger partial charge in [-0.3, -0.25) is 9.59 Å². The minimum absolute atomic E-state index is 0.0113. The predicted octanol–water partition coefficient (Wildman–Crippen LogP) is 3.57. The van der Waals surface area contributed by atoms with Gasteiger partial charge in [-0.25, -0.2) is 0 Å². The van der Waals surface area contributed by atoms with E-state index in [1.54, 1.807) is 0 Å². The molecule has 6 aliphatic carbocycles. The van der Waals surface area contributed by atoms with Gasteiger partial charge < -0.3 is 25.3 Å². The molecule has 186 valence electrons. The van der Waals surface area contributed by atoms with Gasteiger partial charge in [0.25, 0.3) is 0 Å². The molecule has 6 saturated carbocycles. The van der Waals surface area contributed by atoms with Crippen LogP contribution in [0.1, 0.15) is 103 Å². The summed E-state index contributed by atoms with van der Waals surface area (Å²) in [6.45, 7) is 1.35. The number of hydrogen-bond acceptors (Lipinski definition) is 7. The van der Waals surface area contributed by atoms with Crippen molar-refractivity contribution in [2.45, 2.75) is 114 Å². The van der Waals surface area contributed by atoms with E-state index in [-0.39, 0.29) is 33.8 Å². The Kier molecular flexibility index (Phi) is 7.49. The molecular weight excluding hydrogens is 420 g/mol. The highest BCUT2D eigenvalue weighted by Gasteiger charge is 2.53. The Labute approximate surface area is 197 Å². The van der Waals surface area contributed by atoms with Crippen molar-refractivity contribution in [3.05, 3.63) is 0 Å². The van der Waals surface area contributed by atoms with E-state index in [1.165, 1.54) is 0 Å². The minimum atomic E-state index is -0.306. The Balaban J connectivity index is 1.05. The maximum atomic E-state index is 12.8. The van der Waals surface area contributed by atoms with E-state index in [4.69, 9.17) is 15.2 Å². The zero-order chi connectivity index (χ0) is 23.4. The maximum Gasteiger partial charge on any atom is 0.312 e.